The molecule has 0 aromatic heterocycles. The van der Waals surface area contributed by atoms with Crippen LogP contribution < -0.4 is 5.32 Å². The summed E-state index contributed by atoms with van der Waals surface area (Å²) in [5.74, 6) is 0.703. The van der Waals surface area contributed by atoms with Crippen LogP contribution in [0.25, 0.3) is 0 Å². The van der Waals surface area contributed by atoms with Crippen molar-refractivity contribution in [2.75, 3.05) is 13.1 Å². The summed E-state index contributed by atoms with van der Waals surface area (Å²) in [4.78, 5) is 13.7. The van der Waals surface area contributed by atoms with Crippen LogP contribution in [0.3, 0.4) is 0 Å². The first kappa shape index (κ1) is 11.3. The van der Waals surface area contributed by atoms with Crippen molar-refractivity contribution in [3.63, 3.8) is 0 Å². The van der Waals surface area contributed by atoms with Gasteiger partial charge in [-0.25, -0.2) is 4.79 Å². The Hall–Kier alpha value is -0.730. The van der Waals surface area contributed by atoms with Gasteiger partial charge in [-0.15, -0.1) is 0 Å². The molecule has 0 unspecified atom stereocenters. The molecular weight excluding hydrogens is 176 g/mol. The standard InChI is InChI=1S/C11H22N2O/c1-4-10-7-6-9(3)13(8-10)11(14)12-5-2/h9-10H,4-8H2,1-3H3,(H,12,14)/t9-,10+/m1/s1. The fourth-order valence-corrected chi connectivity index (χ4v) is 2.05. The van der Waals surface area contributed by atoms with Gasteiger partial charge in [0.05, 0.1) is 0 Å². The predicted octanol–water partition coefficient (Wildman–Crippen LogP) is 2.23. The molecule has 0 aromatic carbocycles. The summed E-state index contributed by atoms with van der Waals surface area (Å²) < 4.78 is 0. The molecular formula is C11H22N2O. The lowest BCUT2D eigenvalue weighted by molar-refractivity contribution is 0.130. The van der Waals surface area contributed by atoms with Gasteiger partial charge in [0.1, 0.15) is 0 Å². The first-order chi connectivity index (χ1) is 6.69. The molecule has 3 nitrogen and oxygen atoms in total. The molecule has 0 radical (unpaired) electrons. The molecule has 2 atom stereocenters. The van der Waals surface area contributed by atoms with Crippen molar-refractivity contribution < 1.29 is 4.79 Å². The Morgan fingerprint density at radius 3 is 2.71 bits per heavy atom. The van der Waals surface area contributed by atoms with Gasteiger partial charge < -0.3 is 10.2 Å². The number of carbonyl (C=O) groups is 1. The van der Waals surface area contributed by atoms with Gasteiger partial charge in [0.2, 0.25) is 0 Å². The van der Waals surface area contributed by atoms with Crippen LogP contribution in [-0.4, -0.2) is 30.1 Å². The zero-order valence-electron chi connectivity index (χ0n) is 9.55. The van der Waals surface area contributed by atoms with Crippen LogP contribution in [0.5, 0.6) is 0 Å². The van der Waals surface area contributed by atoms with Crippen molar-refractivity contribution in [1.82, 2.24) is 10.2 Å². The number of hydrogen-bond acceptors (Lipinski definition) is 1. The summed E-state index contributed by atoms with van der Waals surface area (Å²) in [6.07, 6.45) is 3.60. The van der Waals surface area contributed by atoms with E-state index in [2.05, 4.69) is 19.2 Å². The van der Waals surface area contributed by atoms with E-state index in [1.807, 2.05) is 11.8 Å². The van der Waals surface area contributed by atoms with Crippen molar-refractivity contribution in [3.05, 3.63) is 0 Å². The average molecular weight is 198 g/mol. The number of hydrogen-bond donors (Lipinski definition) is 1. The Kier molecular flexibility index (Phi) is 4.23. The molecule has 1 N–H and O–H groups in total. The lowest BCUT2D eigenvalue weighted by Gasteiger charge is -2.37. The van der Waals surface area contributed by atoms with E-state index < -0.39 is 0 Å². The Bertz CT molecular complexity index is 194. The third kappa shape index (κ3) is 2.63. The van der Waals surface area contributed by atoms with Crippen molar-refractivity contribution in [1.29, 1.82) is 0 Å². The molecule has 1 saturated heterocycles. The molecule has 1 fully saturated rings. The Morgan fingerprint density at radius 1 is 1.43 bits per heavy atom. The van der Waals surface area contributed by atoms with Crippen molar-refractivity contribution in [2.24, 2.45) is 5.92 Å². The lowest BCUT2D eigenvalue weighted by Crippen LogP contribution is -2.49. The highest BCUT2D eigenvalue weighted by Crippen LogP contribution is 2.23. The monoisotopic (exact) mass is 198 g/mol. The van der Waals surface area contributed by atoms with E-state index in [4.69, 9.17) is 0 Å². The first-order valence-corrected chi connectivity index (χ1v) is 5.73. The number of likely N-dealkylation sites (tertiary alicyclic amines) is 1. The third-order valence-electron chi connectivity index (χ3n) is 3.15. The molecule has 14 heavy (non-hydrogen) atoms. The van der Waals surface area contributed by atoms with Gasteiger partial charge in [-0.1, -0.05) is 13.3 Å². The van der Waals surface area contributed by atoms with Gasteiger partial charge >= 0.3 is 6.03 Å². The van der Waals surface area contributed by atoms with Gasteiger partial charge in [0.15, 0.2) is 0 Å². The number of piperidine rings is 1. The van der Waals surface area contributed by atoms with Gasteiger partial charge in [-0.3, -0.25) is 0 Å². The average Bonchev–Trinajstić information content (AvgIpc) is 2.19. The number of carbonyl (C=O) groups excluding carboxylic acids is 1. The molecule has 0 aromatic rings. The summed E-state index contributed by atoms with van der Waals surface area (Å²) >= 11 is 0. The Morgan fingerprint density at radius 2 is 2.14 bits per heavy atom. The van der Waals surface area contributed by atoms with Crippen molar-refractivity contribution >= 4 is 6.03 Å². The summed E-state index contributed by atoms with van der Waals surface area (Å²) in [5, 5.41) is 2.88. The van der Waals surface area contributed by atoms with Crippen LogP contribution in [-0.2, 0) is 0 Å². The largest absolute Gasteiger partial charge is 0.338 e. The van der Waals surface area contributed by atoms with Crippen LogP contribution in [0.1, 0.15) is 40.0 Å². The highest BCUT2D eigenvalue weighted by atomic mass is 16.2. The summed E-state index contributed by atoms with van der Waals surface area (Å²) in [6, 6.07) is 0.516. The SMILES string of the molecule is CCNC(=O)N1C[C@@H](CC)CC[C@H]1C. The maximum Gasteiger partial charge on any atom is 0.317 e. The van der Waals surface area contributed by atoms with E-state index in [1.54, 1.807) is 0 Å². The molecule has 0 spiro atoms. The number of amides is 2. The molecule has 1 aliphatic heterocycles. The summed E-state index contributed by atoms with van der Waals surface area (Å²) in [7, 11) is 0. The minimum absolute atomic E-state index is 0.109. The Balaban J connectivity index is 2.51. The molecule has 0 bridgehead atoms. The summed E-state index contributed by atoms with van der Waals surface area (Å²) in [6.45, 7) is 7.96. The molecule has 0 saturated carbocycles. The quantitative estimate of drug-likeness (QED) is 0.725. The van der Waals surface area contributed by atoms with E-state index in [1.165, 1.54) is 12.8 Å². The topological polar surface area (TPSA) is 32.3 Å². The highest BCUT2D eigenvalue weighted by molar-refractivity contribution is 5.74. The van der Waals surface area contributed by atoms with Crippen LogP contribution >= 0.6 is 0 Å². The van der Waals surface area contributed by atoms with Crippen LogP contribution in [0.4, 0.5) is 4.79 Å². The second-order valence-corrected chi connectivity index (χ2v) is 4.19. The maximum atomic E-state index is 11.7. The fraction of sp³-hybridized carbons (Fsp3) is 0.909. The molecule has 1 rings (SSSR count). The van der Waals surface area contributed by atoms with Gasteiger partial charge in [-0.05, 0) is 32.6 Å². The Labute approximate surface area is 86.9 Å². The molecule has 0 aliphatic carbocycles. The normalized spacial score (nSPS) is 27.5. The summed E-state index contributed by atoms with van der Waals surface area (Å²) in [5.41, 5.74) is 0. The van der Waals surface area contributed by atoms with Crippen molar-refractivity contribution in [2.45, 2.75) is 46.1 Å². The maximum absolute atomic E-state index is 11.7. The molecule has 82 valence electrons. The number of urea groups is 1. The second kappa shape index (κ2) is 5.23. The molecule has 3 heteroatoms. The van der Waals surface area contributed by atoms with E-state index in [-0.39, 0.29) is 6.03 Å². The smallest absolute Gasteiger partial charge is 0.317 e. The van der Waals surface area contributed by atoms with Gasteiger partial charge in [0, 0.05) is 19.1 Å². The number of nitrogens with zero attached hydrogens (tertiary/aromatic N) is 1. The van der Waals surface area contributed by atoms with Gasteiger partial charge in [0.25, 0.3) is 0 Å². The minimum Gasteiger partial charge on any atom is -0.338 e. The number of nitrogens with one attached hydrogen (secondary N) is 1. The highest BCUT2D eigenvalue weighted by Gasteiger charge is 2.27. The minimum atomic E-state index is 0.109. The zero-order valence-corrected chi connectivity index (χ0v) is 9.55. The van der Waals surface area contributed by atoms with E-state index in [9.17, 15) is 4.79 Å². The fourth-order valence-electron chi connectivity index (χ4n) is 2.05. The van der Waals surface area contributed by atoms with Crippen LogP contribution in [0.15, 0.2) is 0 Å². The predicted molar refractivity (Wildman–Crippen MR) is 58.3 cm³/mol. The van der Waals surface area contributed by atoms with E-state index in [0.717, 1.165) is 19.5 Å². The van der Waals surface area contributed by atoms with Crippen molar-refractivity contribution in [3.8, 4) is 0 Å². The molecule has 1 aliphatic rings. The number of rotatable bonds is 2. The zero-order chi connectivity index (χ0) is 10.6. The molecule has 1 heterocycles. The molecule has 2 amide bonds. The van der Waals surface area contributed by atoms with E-state index >= 15 is 0 Å². The van der Waals surface area contributed by atoms with Crippen LogP contribution in [0.2, 0.25) is 0 Å². The van der Waals surface area contributed by atoms with Gasteiger partial charge in [-0.2, -0.15) is 0 Å². The third-order valence-corrected chi connectivity index (χ3v) is 3.15. The lowest BCUT2D eigenvalue weighted by atomic mass is 9.92. The van der Waals surface area contributed by atoms with Crippen LogP contribution in [0, 0.1) is 5.92 Å². The second-order valence-electron chi connectivity index (χ2n) is 4.19. The van der Waals surface area contributed by atoms with E-state index in [0.29, 0.717) is 12.0 Å². The first-order valence-electron chi connectivity index (χ1n) is 5.73.